The van der Waals surface area contributed by atoms with Crippen LogP contribution in [0.2, 0.25) is 0 Å². The number of hydrogen-bond donors (Lipinski definition) is 0. The monoisotopic (exact) mass is 434 g/mol. The van der Waals surface area contributed by atoms with Gasteiger partial charge in [0.15, 0.2) is 5.60 Å². The van der Waals surface area contributed by atoms with Crippen LogP contribution in [-0.4, -0.2) is 62.8 Å². The minimum Gasteiger partial charge on any atom is -0.417 e. The Morgan fingerprint density at radius 3 is 2.55 bits per heavy atom. The Morgan fingerprint density at radius 1 is 1.23 bits per heavy atom. The summed E-state index contributed by atoms with van der Waals surface area (Å²) in [5.74, 6) is -1.71. The number of ether oxygens (including phenoxy) is 1. The number of carbonyl (C=O) groups is 2. The van der Waals surface area contributed by atoms with Crippen molar-refractivity contribution in [2.24, 2.45) is 0 Å². The molecule has 0 N–H and O–H groups in total. The molecule has 3 aliphatic rings. The molecule has 4 heterocycles. The maximum Gasteiger partial charge on any atom is 0.311 e. The number of rotatable bonds is 4. The van der Waals surface area contributed by atoms with E-state index in [1.165, 1.54) is 0 Å². The van der Waals surface area contributed by atoms with Crippen molar-refractivity contribution in [3.63, 3.8) is 0 Å². The molecule has 8 nitrogen and oxygen atoms in total. The van der Waals surface area contributed by atoms with Crippen molar-refractivity contribution in [2.75, 3.05) is 13.1 Å². The lowest BCUT2D eigenvalue weighted by molar-refractivity contribution is -0.142. The molecule has 0 unspecified atom stereocenters. The quantitative estimate of drug-likeness (QED) is 0.677. The van der Waals surface area contributed by atoms with Gasteiger partial charge in [0.05, 0.1) is 11.9 Å². The Kier molecular flexibility index (Phi) is 5.50. The fraction of sp³-hybridized carbons (Fsp3) is 0.524. The molecule has 1 aromatic heterocycles. The molecule has 0 radical (unpaired) electrons. The first-order valence-corrected chi connectivity index (χ1v) is 10.2. The van der Waals surface area contributed by atoms with E-state index in [9.17, 15) is 18.4 Å². The number of likely N-dealkylation sites (tertiary alicyclic amines) is 1. The number of aromatic nitrogens is 2. The Bertz CT molecular complexity index is 974. The summed E-state index contributed by atoms with van der Waals surface area (Å²) < 4.78 is 38.2. The summed E-state index contributed by atoms with van der Waals surface area (Å²) in [7, 11) is 0. The van der Waals surface area contributed by atoms with Crippen LogP contribution in [0.25, 0.3) is 0 Å². The van der Waals surface area contributed by atoms with Gasteiger partial charge in [0, 0.05) is 38.9 Å². The number of amides is 2. The first-order valence-electron chi connectivity index (χ1n) is 10.2. The molecule has 2 amide bonds. The third-order valence-corrected chi connectivity index (χ3v) is 5.97. The number of aryl methyl sites for hydroxylation is 1. The number of halogens is 2. The van der Waals surface area contributed by atoms with Crippen molar-refractivity contribution in [1.29, 1.82) is 0 Å². The number of hydrogen-bond acceptors (Lipinski definition) is 6. The standard InChI is InChI=1S/C21H24F2N4O4/c1-12(10-15(23)11-13(2)22)16-4-5-17-27(16)20(29)21(31-17)6-8-26(9-7-21)19(28)18-25-24-14(3)30-18/h10-11,16-17H,1,4-9H2,2-3H3/b13-11+,15-10+/t16-,17+/m0/s1. The van der Waals surface area contributed by atoms with Crippen LogP contribution >= 0.6 is 0 Å². The van der Waals surface area contributed by atoms with Gasteiger partial charge >= 0.3 is 11.8 Å². The zero-order valence-corrected chi connectivity index (χ0v) is 17.4. The van der Waals surface area contributed by atoms with Gasteiger partial charge in [-0.05, 0) is 31.4 Å². The molecule has 0 bridgehead atoms. The number of carbonyl (C=O) groups excluding carboxylic acids is 2. The molecule has 0 aliphatic carbocycles. The zero-order chi connectivity index (χ0) is 22.3. The summed E-state index contributed by atoms with van der Waals surface area (Å²) in [5, 5.41) is 7.43. The molecule has 1 spiro atoms. The minimum absolute atomic E-state index is 0.0736. The van der Waals surface area contributed by atoms with E-state index in [1.54, 1.807) is 16.7 Å². The number of allylic oxidation sites excluding steroid dienone is 3. The Balaban J connectivity index is 1.44. The predicted molar refractivity (Wildman–Crippen MR) is 105 cm³/mol. The van der Waals surface area contributed by atoms with Crippen LogP contribution in [0.3, 0.4) is 0 Å². The van der Waals surface area contributed by atoms with Crippen molar-refractivity contribution < 1.29 is 27.5 Å². The van der Waals surface area contributed by atoms with Gasteiger partial charge in [-0.2, -0.15) is 0 Å². The number of nitrogens with zero attached hydrogens (tertiary/aromatic N) is 4. The second-order valence-corrected chi connectivity index (χ2v) is 8.13. The van der Waals surface area contributed by atoms with Gasteiger partial charge in [-0.3, -0.25) is 9.59 Å². The van der Waals surface area contributed by atoms with Crippen LogP contribution in [0.1, 0.15) is 49.2 Å². The first kappa shape index (κ1) is 21.4. The van der Waals surface area contributed by atoms with Crippen LogP contribution in [0, 0.1) is 6.92 Å². The van der Waals surface area contributed by atoms with Crippen molar-refractivity contribution in [1.82, 2.24) is 20.0 Å². The van der Waals surface area contributed by atoms with Gasteiger partial charge in [0.25, 0.3) is 5.91 Å². The molecule has 10 heteroatoms. The van der Waals surface area contributed by atoms with Crippen LogP contribution < -0.4 is 0 Å². The molecular formula is C21H24F2N4O4. The van der Waals surface area contributed by atoms with Crippen LogP contribution in [0.15, 0.2) is 40.4 Å². The fourth-order valence-corrected chi connectivity index (χ4v) is 4.50. The molecule has 0 saturated carbocycles. The van der Waals surface area contributed by atoms with E-state index in [4.69, 9.17) is 9.15 Å². The van der Waals surface area contributed by atoms with Crippen LogP contribution in [0.4, 0.5) is 8.78 Å². The maximum absolute atomic E-state index is 13.9. The van der Waals surface area contributed by atoms with Crippen molar-refractivity contribution >= 4 is 11.8 Å². The van der Waals surface area contributed by atoms with Crippen LogP contribution in [-0.2, 0) is 9.53 Å². The van der Waals surface area contributed by atoms with Gasteiger partial charge in [-0.1, -0.05) is 6.58 Å². The third kappa shape index (κ3) is 3.91. The van der Waals surface area contributed by atoms with Crippen molar-refractivity contribution in [3.8, 4) is 0 Å². The number of piperidine rings is 1. The predicted octanol–water partition coefficient (Wildman–Crippen LogP) is 2.98. The third-order valence-electron chi connectivity index (χ3n) is 5.97. The fourth-order valence-electron chi connectivity index (χ4n) is 4.50. The second kappa shape index (κ2) is 7.99. The average molecular weight is 434 g/mol. The SMILES string of the molecule is C=C(/C=C(F)\C=C(/C)F)[C@@H]1CC[C@H]2OC3(CCN(C(=O)c4nnc(C)o4)CC3)C(=O)N21. The number of fused-ring (bicyclic) bond motifs is 1. The summed E-state index contributed by atoms with van der Waals surface area (Å²) in [5.41, 5.74) is -0.617. The van der Waals surface area contributed by atoms with E-state index >= 15 is 0 Å². The van der Waals surface area contributed by atoms with Crippen molar-refractivity contribution in [3.05, 3.63) is 47.7 Å². The summed E-state index contributed by atoms with van der Waals surface area (Å²) in [6.07, 6.45) is 3.39. The smallest absolute Gasteiger partial charge is 0.311 e. The molecule has 3 aliphatic heterocycles. The first-order chi connectivity index (χ1) is 14.7. The highest BCUT2D eigenvalue weighted by Crippen LogP contribution is 2.44. The molecule has 4 rings (SSSR count). The molecule has 0 aromatic carbocycles. The lowest BCUT2D eigenvalue weighted by atomic mass is 9.89. The second-order valence-electron chi connectivity index (χ2n) is 8.13. The van der Waals surface area contributed by atoms with Crippen LogP contribution in [0.5, 0.6) is 0 Å². The molecular weight excluding hydrogens is 410 g/mol. The molecule has 1 aromatic rings. The zero-order valence-electron chi connectivity index (χ0n) is 17.4. The Hall–Kier alpha value is -2.88. The largest absolute Gasteiger partial charge is 0.417 e. The van der Waals surface area contributed by atoms with Gasteiger partial charge < -0.3 is 19.0 Å². The van der Waals surface area contributed by atoms with E-state index in [0.29, 0.717) is 50.2 Å². The van der Waals surface area contributed by atoms with E-state index in [2.05, 4.69) is 16.8 Å². The molecule has 166 valence electrons. The van der Waals surface area contributed by atoms with E-state index < -0.39 is 29.5 Å². The van der Waals surface area contributed by atoms with E-state index in [0.717, 1.165) is 19.1 Å². The van der Waals surface area contributed by atoms with E-state index in [1.807, 2.05) is 0 Å². The highest BCUT2D eigenvalue weighted by molar-refractivity contribution is 5.91. The lowest BCUT2D eigenvalue weighted by Crippen LogP contribution is -2.52. The maximum atomic E-state index is 13.9. The van der Waals surface area contributed by atoms with Gasteiger partial charge in [-0.15, -0.1) is 10.2 Å². The topological polar surface area (TPSA) is 88.8 Å². The van der Waals surface area contributed by atoms with Gasteiger partial charge in [0.2, 0.25) is 5.89 Å². The molecule has 2 atom stereocenters. The van der Waals surface area contributed by atoms with Crippen molar-refractivity contribution in [2.45, 2.75) is 57.4 Å². The summed E-state index contributed by atoms with van der Waals surface area (Å²) in [4.78, 5) is 29.0. The Labute approximate surface area is 178 Å². The normalized spacial score (nSPS) is 26.0. The van der Waals surface area contributed by atoms with E-state index in [-0.39, 0.29) is 17.7 Å². The summed E-state index contributed by atoms with van der Waals surface area (Å²) >= 11 is 0. The minimum atomic E-state index is -1.01. The average Bonchev–Trinajstić information content (AvgIpc) is 3.38. The molecule has 3 fully saturated rings. The lowest BCUT2D eigenvalue weighted by Gasteiger charge is -2.37. The van der Waals surface area contributed by atoms with Gasteiger partial charge in [0.1, 0.15) is 12.1 Å². The summed E-state index contributed by atoms with van der Waals surface area (Å²) in [6, 6.07) is -0.406. The highest BCUT2D eigenvalue weighted by atomic mass is 19.1. The molecule has 31 heavy (non-hydrogen) atoms. The Morgan fingerprint density at radius 2 is 1.94 bits per heavy atom. The van der Waals surface area contributed by atoms with Gasteiger partial charge in [-0.25, -0.2) is 8.78 Å². The highest BCUT2D eigenvalue weighted by Gasteiger charge is 2.58. The molecule has 3 saturated heterocycles. The summed E-state index contributed by atoms with van der Waals surface area (Å²) in [6.45, 7) is 7.27.